The van der Waals surface area contributed by atoms with Gasteiger partial charge in [-0.05, 0) is 68.1 Å². The van der Waals surface area contributed by atoms with Gasteiger partial charge in [-0.3, -0.25) is 9.69 Å². The molecule has 206 valence electrons. The van der Waals surface area contributed by atoms with Crippen LogP contribution >= 0.6 is 0 Å². The molecular weight excluding hydrogens is 520 g/mol. The molecule has 0 atom stereocenters. The van der Waals surface area contributed by atoms with Crippen molar-refractivity contribution in [2.45, 2.75) is 38.5 Å². The van der Waals surface area contributed by atoms with Gasteiger partial charge < -0.3 is 9.55 Å². The lowest BCUT2D eigenvalue weighted by atomic mass is 9.96. The molecule has 1 fully saturated rings. The van der Waals surface area contributed by atoms with Crippen molar-refractivity contribution in [2.75, 3.05) is 19.3 Å². The van der Waals surface area contributed by atoms with E-state index in [4.69, 9.17) is 0 Å². The van der Waals surface area contributed by atoms with Gasteiger partial charge in [0.15, 0.2) is 0 Å². The van der Waals surface area contributed by atoms with Gasteiger partial charge in [0.05, 0.1) is 22.5 Å². The Hall–Kier alpha value is -3.75. The van der Waals surface area contributed by atoms with Crippen LogP contribution in [0.4, 0.5) is 0 Å². The predicted octanol–water partition coefficient (Wildman–Crippen LogP) is 5.37. The van der Waals surface area contributed by atoms with Crippen LogP contribution in [0.25, 0.3) is 44.3 Å². The largest absolute Gasteiger partial charge is 0.339 e. The van der Waals surface area contributed by atoms with Gasteiger partial charge in [-0.25, -0.2) is 13.4 Å². The third-order valence-electron chi connectivity index (χ3n) is 8.42. The first-order valence-electron chi connectivity index (χ1n) is 13.7. The van der Waals surface area contributed by atoms with Gasteiger partial charge in [0.2, 0.25) is 0 Å². The molecule has 1 N–H and O–H groups in total. The van der Waals surface area contributed by atoms with Crippen LogP contribution in [-0.4, -0.2) is 52.4 Å². The minimum absolute atomic E-state index is 0.0260. The van der Waals surface area contributed by atoms with Gasteiger partial charge in [0.25, 0.3) is 5.56 Å². The topological polar surface area (TPSA) is 88.1 Å². The van der Waals surface area contributed by atoms with Crippen LogP contribution in [0.5, 0.6) is 0 Å². The number of H-pyrrole nitrogens is 1. The zero-order valence-electron chi connectivity index (χ0n) is 23.4. The molecule has 0 amide bonds. The molecule has 7 nitrogen and oxygen atoms in total. The van der Waals surface area contributed by atoms with E-state index in [-0.39, 0.29) is 10.8 Å². The fourth-order valence-corrected chi connectivity index (χ4v) is 7.10. The van der Waals surface area contributed by atoms with E-state index in [9.17, 15) is 13.2 Å². The first-order valence-corrected chi connectivity index (χ1v) is 15.6. The molecule has 0 saturated carbocycles. The fourth-order valence-electron chi connectivity index (χ4n) is 6.03. The highest BCUT2D eigenvalue weighted by atomic mass is 32.2. The number of aryl methyl sites for hydroxylation is 3. The lowest BCUT2D eigenvalue weighted by Crippen LogP contribution is -2.38. The quantitative estimate of drug-likeness (QED) is 0.315. The minimum atomic E-state index is -2.96. The van der Waals surface area contributed by atoms with E-state index in [0.29, 0.717) is 12.8 Å². The van der Waals surface area contributed by atoms with Crippen molar-refractivity contribution < 1.29 is 8.42 Å². The Morgan fingerprint density at radius 2 is 1.62 bits per heavy atom. The van der Waals surface area contributed by atoms with E-state index < -0.39 is 9.84 Å². The summed E-state index contributed by atoms with van der Waals surface area (Å²) >= 11 is 0. The van der Waals surface area contributed by atoms with Crippen LogP contribution in [0.1, 0.15) is 29.5 Å². The van der Waals surface area contributed by atoms with E-state index in [2.05, 4.69) is 45.2 Å². The molecule has 0 radical (unpaired) electrons. The summed E-state index contributed by atoms with van der Waals surface area (Å²) in [6, 6.07) is 18.7. The van der Waals surface area contributed by atoms with Crippen molar-refractivity contribution in [3.05, 3.63) is 87.8 Å². The first-order chi connectivity index (χ1) is 19.1. The van der Waals surface area contributed by atoms with Crippen LogP contribution in [0.15, 0.2) is 65.6 Å². The predicted molar refractivity (Wildman–Crippen MR) is 162 cm³/mol. The molecular formula is C32H34N4O3S. The molecule has 1 saturated heterocycles. The van der Waals surface area contributed by atoms with E-state index in [0.717, 1.165) is 75.1 Å². The van der Waals surface area contributed by atoms with Crippen LogP contribution in [0, 0.1) is 13.8 Å². The Morgan fingerprint density at radius 1 is 0.975 bits per heavy atom. The summed E-state index contributed by atoms with van der Waals surface area (Å²) in [6.07, 6.45) is 4.52. The maximum absolute atomic E-state index is 13.4. The summed E-state index contributed by atoms with van der Waals surface area (Å²) in [6.45, 7) is 6.48. The number of nitrogens with one attached hydrogen (secondary N) is 1. The van der Waals surface area contributed by atoms with Gasteiger partial charge >= 0.3 is 0 Å². The lowest BCUT2D eigenvalue weighted by Gasteiger charge is -2.31. The van der Waals surface area contributed by atoms with Crippen molar-refractivity contribution in [1.29, 1.82) is 0 Å². The number of aromatic nitrogens is 3. The average molecular weight is 555 g/mol. The molecule has 5 aromatic rings. The molecule has 0 bridgehead atoms. The summed E-state index contributed by atoms with van der Waals surface area (Å²) in [4.78, 5) is 23.9. The second-order valence-electron chi connectivity index (χ2n) is 11.2. The van der Waals surface area contributed by atoms with Crippen LogP contribution in [0.2, 0.25) is 0 Å². The average Bonchev–Trinajstić information content (AvgIpc) is 3.37. The second kappa shape index (κ2) is 10.0. The Bertz CT molecular complexity index is 1900. The van der Waals surface area contributed by atoms with Gasteiger partial charge in [-0.2, -0.15) is 0 Å². The molecule has 1 aliphatic heterocycles. The van der Waals surface area contributed by atoms with Crippen molar-refractivity contribution in [3.8, 4) is 22.4 Å². The third kappa shape index (κ3) is 4.75. The summed E-state index contributed by atoms with van der Waals surface area (Å²) in [5.41, 5.74) is 8.56. The number of rotatable bonds is 5. The van der Waals surface area contributed by atoms with Crippen LogP contribution < -0.4 is 5.56 Å². The number of pyridine rings is 2. The number of sulfone groups is 1. The molecule has 0 unspecified atom stereocenters. The zero-order chi connectivity index (χ0) is 28.2. The molecule has 8 heteroatoms. The van der Waals surface area contributed by atoms with Crippen molar-refractivity contribution >= 4 is 31.8 Å². The van der Waals surface area contributed by atoms with Crippen LogP contribution in [-0.2, 0) is 23.4 Å². The lowest BCUT2D eigenvalue weighted by molar-refractivity contribution is 0.222. The molecule has 2 aromatic carbocycles. The number of hydrogen-bond acceptors (Lipinski definition) is 5. The molecule has 4 heterocycles. The SMILES string of the molecule is Cc1ccc(-c2c(C)c3c4cc(-c5ccc(CN6CCC(S(C)(=O)=O)CC6)cc5)[nH]c4ncc3n(C)c2=O)cc1. The highest BCUT2D eigenvalue weighted by molar-refractivity contribution is 7.91. The molecule has 6 rings (SSSR count). The molecule has 3 aromatic heterocycles. The molecule has 0 spiro atoms. The molecule has 40 heavy (non-hydrogen) atoms. The standard InChI is InChI=1S/C32H34N4O3S/c1-20-5-9-24(10-6-20)29-21(2)30-26-17-27(34-31(26)33-18-28(30)35(3)32(29)37)23-11-7-22(8-12-23)19-36-15-13-25(14-16-36)40(4,38)39/h5-12,17-18,25H,13-16,19H2,1-4H3,(H,33,34). The van der Waals surface area contributed by atoms with Crippen molar-refractivity contribution in [3.63, 3.8) is 0 Å². The van der Waals surface area contributed by atoms with E-state index in [1.165, 1.54) is 11.8 Å². The summed E-state index contributed by atoms with van der Waals surface area (Å²) in [5.74, 6) is 0. The van der Waals surface area contributed by atoms with E-state index in [1.807, 2.05) is 45.2 Å². The van der Waals surface area contributed by atoms with Gasteiger partial charge in [-0.1, -0.05) is 54.1 Å². The van der Waals surface area contributed by atoms with E-state index in [1.54, 1.807) is 10.8 Å². The maximum Gasteiger partial charge on any atom is 0.258 e. The highest BCUT2D eigenvalue weighted by Crippen LogP contribution is 2.34. The minimum Gasteiger partial charge on any atom is -0.339 e. The monoisotopic (exact) mass is 554 g/mol. The number of nitrogens with zero attached hydrogens (tertiary/aromatic N) is 3. The molecule has 1 aliphatic rings. The van der Waals surface area contributed by atoms with Gasteiger partial charge in [-0.15, -0.1) is 0 Å². The normalized spacial score (nSPS) is 15.3. The van der Waals surface area contributed by atoms with Crippen molar-refractivity contribution in [2.24, 2.45) is 7.05 Å². The Labute approximate surface area is 234 Å². The Balaban J connectivity index is 1.32. The summed E-state index contributed by atoms with van der Waals surface area (Å²) in [5, 5.41) is 1.81. The van der Waals surface area contributed by atoms with Gasteiger partial charge in [0, 0.05) is 36.3 Å². The first kappa shape index (κ1) is 26.5. The van der Waals surface area contributed by atoms with Crippen LogP contribution in [0.3, 0.4) is 0 Å². The molecule has 0 aliphatic carbocycles. The Morgan fingerprint density at radius 3 is 2.27 bits per heavy atom. The zero-order valence-corrected chi connectivity index (χ0v) is 24.2. The van der Waals surface area contributed by atoms with Gasteiger partial charge in [0.1, 0.15) is 15.5 Å². The number of piperidine rings is 1. The summed E-state index contributed by atoms with van der Waals surface area (Å²) < 4.78 is 25.4. The second-order valence-corrected chi connectivity index (χ2v) is 13.5. The highest BCUT2D eigenvalue weighted by Gasteiger charge is 2.26. The fraction of sp³-hybridized carbons (Fsp3) is 0.312. The summed E-state index contributed by atoms with van der Waals surface area (Å²) in [7, 11) is -1.15. The Kier molecular flexibility index (Phi) is 6.63. The number of benzene rings is 2. The third-order valence-corrected chi connectivity index (χ3v) is 10.1. The van der Waals surface area contributed by atoms with E-state index >= 15 is 0 Å². The number of likely N-dealkylation sites (tertiary alicyclic amines) is 1. The number of hydrogen-bond donors (Lipinski definition) is 1. The maximum atomic E-state index is 13.4. The van der Waals surface area contributed by atoms with Crippen molar-refractivity contribution in [1.82, 2.24) is 19.4 Å². The smallest absolute Gasteiger partial charge is 0.258 e. The number of aromatic amines is 1. The number of fused-ring (bicyclic) bond motifs is 3.